The van der Waals surface area contributed by atoms with Gasteiger partial charge in [-0.05, 0) is 62.9 Å². The molecule has 182 valence electrons. The third-order valence-corrected chi connectivity index (χ3v) is 7.50. The van der Waals surface area contributed by atoms with Crippen molar-refractivity contribution in [3.05, 3.63) is 51.5 Å². The number of carbonyl (C=O) groups excluding carboxylic acids is 3. The molecule has 9 heteroatoms. The number of phenols is 1. The lowest BCUT2D eigenvalue weighted by Gasteiger charge is -2.50. The third-order valence-electron chi connectivity index (χ3n) is 7.50. The average molecular weight is 471 g/mol. The lowest BCUT2D eigenvalue weighted by Crippen LogP contribution is -2.63. The zero-order valence-electron chi connectivity index (χ0n) is 19.5. The number of ketones is 2. The van der Waals surface area contributed by atoms with Crippen LogP contribution in [0.25, 0.3) is 0 Å². The molecule has 0 spiro atoms. The minimum absolute atomic E-state index is 0.0642. The number of aryl methyl sites for hydroxylation is 1. The van der Waals surface area contributed by atoms with Crippen LogP contribution in [0.3, 0.4) is 0 Å². The predicted octanol–water partition coefficient (Wildman–Crippen LogP) is 1.46. The van der Waals surface area contributed by atoms with Crippen molar-refractivity contribution >= 4 is 17.5 Å². The van der Waals surface area contributed by atoms with E-state index in [1.807, 2.05) is 0 Å². The van der Waals surface area contributed by atoms with E-state index in [1.165, 1.54) is 11.0 Å². The Bertz CT molecular complexity index is 1170. The number of hydrogen-bond donors (Lipinski definition) is 5. The molecule has 34 heavy (non-hydrogen) atoms. The number of allylic oxidation sites excluding steroid dienone is 1. The summed E-state index contributed by atoms with van der Waals surface area (Å²) in [7, 11) is 3.21. The van der Waals surface area contributed by atoms with Gasteiger partial charge in [-0.2, -0.15) is 0 Å². The van der Waals surface area contributed by atoms with Crippen LogP contribution >= 0.6 is 0 Å². The molecule has 6 N–H and O–H groups in total. The maximum absolute atomic E-state index is 13.6. The summed E-state index contributed by atoms with van der Waals surface area (Å²) in [5.41, 5.74) is 3.48. The van der Waals surface area contributed by atoms with E-state index < -0.39 is 58.0 Å². The molecule has 0 unspecified atom stereocenters. The largest absolute Gasteiger partial charge is 0.510 e. The summed E-state index contributed by atoms with van der Waals surface area (Å²) in [4.78, 5) is 40.3. The van der Waals surface area contributed by atoms with E-state index in [0.29, 0.717) is 12.0 Å². The van der Waals surface area contributed by atoms with Crippen LogP contribution in [0.2, 0.25) is 0 Å². The molecule has 3 aliphatic carbocycles. The van der Waals surface area contributed by atoms with Crippen molar-refractivity contribution in [1.82, 2.24) is 4.90 Å². The van der Waals surface area contributed by atoms with Crippen LogP contribution in [0.1, 0.15) is 47.7 Å². The number of benzene rings is 1. The first kappa shape index (κ1) is 24.0. The Kier molecular flexibility index (Phi) is 5.81. The van der Waals surface area contributed by atoms with Gasteiger partial charge in [0.25, 0.3) is 5.91 Å². The minimum Gasteiger partial charge on any atom is -0.510 e. The number of nitrogens with two attached hydrogens (primary N) is 1. The fourth-order valence-electron chi connectivity index (χ4n) is 5.92. The van der Waals surface area contributed by atoms with Gasteiger partial charge < -0.3 is 26.2 Å². The maximum atomic E-state index is 13.6. The molecule has 0 bridgehead atoms. The first-order valence-corrected chi connectivity index (χ1v) is 11.4. The molecular weight excluding hydrogens is 440 g/mol. The Hall–Kier alpha value is -3.17. The van der Waals surface area contributed by atoms with Gasteiger partial charge in [-0.3, -0.25) is 19.3 Å². The second-order valence-corrected chi connectivity index (χ2v) is 9.66. The van der Waals surface area contributed by atoms with Crippen molar-refractivity contribution < 1.29 is 34.8 Å². The molecule has 0 aromatic heterocycles. The fraction of sp³-hybridized carbons (Fsp3) is 0.480. The molecule has 4 atom stereocenters. The standard InChI is InChI=1S/C25H30N2O7/c1-4-5-6-11-7-8-15(28)17-13(11)9-12-10-14-19(27(2)3)21(30)18(24(26)33)23(32)25(14,34)22(31)16(12)20(17)29/h7-8,12,14,19,28,30-31,34H,4-6,9-10H2,1-3H3,(H2,26,33)/t12-,14-,19-,25-/m1/s1. The SMILES string of the molecule is CCCCc1ccc(O)c2c1C[C@@H]1C[C@@H]3[C@@H](N(C)C)C(O)=C(C(N)=O)C(=O)[C@]3(O)C(O)=C1C2=O. The Morgan fingerprint density at radius 2 is 1.88 bits per heavy atom. The number of aliphatic hydroxyl groups is 3. The average Bonchev–Trinajstić information content (AvgIpc) is 2.75. The van der Waals surface area contributed by atoms with Gasteiger partial charge in [-0.1, -0.05) is 19.4 Å². The molecule has 1 amide bonds. The second-order valence-electron chi connectivity index (χ2n) is 9.66. The predicted molar refractivity (Wildman–Crippen MR) is 122 cm³/mol. The Balaban J connectivity index is 1.93. The van der Waals surface area contributed by atoms with E-state index in [4.69, 9.17) is 5.73 Å². The summed E-state index contributed by atoms with van der Waals surface area (Å²) in [5.74, 6) is -6.33. The molecule has 4 rings (SSSR count). The molecule has 0 radical (unpaired) electrons. The second kappa shape index (κ2) is 8.25. The Morgan fingerprint density at radius 3 is 2.47 bits per heavy atom. The van der Waals surface area contributed by atoms with Gasteiger partial charge in [0, 0.05) is 11.5 Å². The highest BCUT2D eigenvalue weighted by atomic mass is 16.3. The van der Waals surface area contributed by atoms with Crippen molar-refractivity contribution in [2.45, 2.75) is 50.7 Å². The van der Waals surface area contributed by atoms with E-state index in [1.54, 1.807) is 20.2 Å². The number of unbranched alkanes of at least 4 members (excludes halogenated alkanes) is 1. The van der Waals surface area contributed by atoms with Crippen molar-refractivity contribution in [1.29, 1.82) is 0 Å². The zero-order chi connectivity index (χ0) is 25.1. The number of amides is 1. The van der Waals surface area contributed by atoms with Gasteiger partial charge >= 0.3 is 0 Å². The topological polar surface area (TPSA) is 161 Å². The summed E-state index contributed by atoms with van der Waals surface area (Å²) in [5, 5.41) is 44.1. The summed E-state index contributed by atoms with van der Waals surface area (Å²) in [6.07, 6.45) is 2.99. The first-order valence-electron chi connectivity index (χ1n) is 11.4. The van der Waals surface area contributed by atoms with E-state index in [0.717, 1.165) is 24.8 Å². The van der Waals surface area contributed by atoms with E-state index in [2.05, 4.69) is 6.92 Å². The van der Waals surface area contributed by atoms with Crippen LogP contribution in [0.15, 0.2) is 34.8 Å². The van der Waals surface area contributed by atoms with Crippen LogP contribution in [0, 0.1) is 11.8 Å². The van der Waals surface area contributed by atoms with Gasteiger partial charge in [0.2, 0.25) is 5.78 Å². The summed E-state index contributed by atoms with van der Waals surface area (Å²) in [6.45, 7) is 2.06. The number of fused-ring (bicyclic) bond motifs is 3. The molecule has 0 heterocycles. The number of primary amides is 1. The highest BCUT2D eigenvalue weighted by Gasteiger charge is 2.63. The molecule has 0 saturated carbocycles. The molecule has 0 fully saturated rings. The van der Waals surface area contributed by atoms with Crippen LogP contribution < -0.4 is 5.73 Å². The van der Waals surface area contributed by atoms with Crippen LogP contribution in [-0.4, -0.2) is 68.5 Å². The van der Waals surface area contributed by atoms with Crippen molar-refractivity contribution in [2.75, 3.05) is 14.1 Å². The number of nitrogens with zero attached hydrogens (tertiary/aromatic N) is 1. The number of carbonyl (C=O) groups is 3. The summed E-state index contributed by atoms with van der Waals surface area (Å²) < 4.78 is 0. The van der Waals surface area contributed by atoms with E-state index >= 15 is 0 Å². The molecule has 0 aliphatic heterocycles. The highest BCUT2D eigenvalue weighted by molar-refractivity contribution is 6.24. The number of rotatable bonds is 5. The summed E-state index contributed by atoms with van der Waals surface area (Å²) in [6, 6.07) is 2.25. The summed E-state index contributed by atoms with van der Waals surface area (Å²) >= 11 is 0. The van der Waals surface area contributed by atoms with Gasteiger partial charge in [0.1, 0.15) is 22.8 Å². The quantitative estimate of drug-likeness (QED) is 0.404. The van der Waals surface area contributed by atoms with E-state index in [-0.39, 0.29) is 23.3 Å². The number of Topliss-reactive ketones (excluding diaryl/α,β-unsaturated/α-hetero) is 2. The van der Waals surface area contributed by atoms with Crippen molar-refractivity contribution in [3.63, 3.8) is 0 Å². The lowest BCUT2D eigenvalue weighted by molar-refractivity contribution is -0.148. The van der Waals surface area contributed by atoms with Crippen molar-refractivity contribution in [2.24, 2.45) is 17.6 Å². The number of phenolic OH excluding ortho intramolecular Hbond substituents is 1. The van der Waals surface area contributed by atoms with Gasteiger partial charge in [-0.25, -0.2) is 0 Å². The van der Waals surface area contributed by atoms with Crippen LogP contribution in [-0.2, 0) is 22.4 Å². The minimum atomic E-state index is -2.61. The van der Waals surface area contributed by atoms with Crippen molar-refractivity contribution in [3.8, 4) is 5.75 Å². The fourth-order valence-corrected chi connectivity index (χ4v) is 5.92. The Morgan fingerprint density at radius 1 is 1.21 bits per heavy atom. The zero-order valence-corrected chi connectivity index (χ0v) is 19.5. The highest BCUT2D eigenvalue weighted by Crippen LogP contribution is 2.52. The molecule has 1 aromatic rings. The van der Waals surface area contributed by atoms with Gasteiger partial charge in [0.15, 0.2) is 11.4 Å². The smallest absolute Gasteiger partial charge is 0.255 e. The molecule has 0 saturated heterocycles. The lowest BCUT2D eigenvalue weighted by atomic mass is 9.58. The molecule has 9 nitrogen and oxygen atoms in total. The normalized spacial score (nSPS) is 28.7. The number of aliphatic hydroxyl groups excluding tert-OH is 2. The Labute approximate surface area is 197 Å². The third kappa shape index (κ3) is 3.18. The van der Waals surface area contributed by atoms with Crippen LogP contribution in [0.4, 0.5) is 0 Å². The molecule has 1 aromatic carbocycles. The first-order chi connectivity index (χ1) is 16.0. The number of likely N-dealkylation sites (N-methyl/N-ethyl adjacent to an activating group) is 1. The molecule has 3 aliphatic rings. The van der Waals surface area contributed by atoms with Crippen LogP contribution in [0.5, 0.6) is 5.75 Å². The van der Waals surface area contributed by atoms with E-state index in [9.17, 15) is 34.8 Å². The van der Waals surface area contributed by atoms with Gasteiger partial charge in [-0.15, -0.1) is 0 Å². The van der Waals surface area contributed by atoms with Gasteiger partial charge in [0.05, 0.1) is 11.6 Å². The number of hydrogen-bond acceptors (Lipinski definition) is 8. The number of aromatic hydroxyl groups is 1. The maximum Gasteiger partial charge on any atom is 0.255 e. The molecular formula is C25H30N2O7. The monoisotopic (exact) mass is 470 g/mol.